The average molecular weight is 194 g/mol. The zero-order valence-electron chi connectivity index (χ0n) is 9.28. The summed E-state index contributed by atoms with van der Waals surface area (Å²) in [5.41, 5.74) is 8.75. The highest BCUT2D eigenvalue weighted by Gasteiger charge is 2.09. The zero-order valence-corrected chi connectivity index (χ0v) is 9.28. The van der Waals surface area contributed by atoms with Crippen molar-refractivity contribution in [1.29, 1.82) is 0 Å². The molecule has 0 spiro atoms. The van der Waals surface area contributed by atoms with Crippen molar-refractivity contribution in [2.75, 3.05) is 20.6 Å². The number of hydrogen-bond donors (Lipinski definition) is 1. The lowest BCUT2D eigenvalue weighted by molar-refractivity contribution is 0.373. The van der Waals surface area contributed by atoms with E-state index in [0.717, 1.165) is 23.6 Å². The van der Waals surface area contributed by atoms with Crippen LogP contribution in [0.25, 0.3) is 0 Å². The molecule has 0 amide bonds. The highest BCUT2D eigenvalue weighted by atomic mass is 15.1. The summed E-state index contributed by atoms with van der Waals surface area (Å²) in [6, 6.07) is -0.0585. The third-order valence-electron chi connectivity index (χ3n) is 2.15. The van der Waals surface area contributed by atoms with Gasteiger partial charge in [0.25, 0.3) is 0 Å². The van der Waals surface area contributed by atoms with Crippen LogP contribution in [0.5, 0.6) is 0 Å². The molecular weight excluding hydrogens is 176 g/mol. The molecule has 0 aromatic carbocycles. The molecule has 1 aromatic rings. The molecule has 1 aromatic heterocycles. The quantitative estimate of drug-likeness (QED) is 0.767. The van der Waals surface area contributed by atoms with E-state index in [-0.39, 0.29) is 6.04 Å². The van der Waals surface area contributed by atoms with Crippen molar-refractivity contribution in [1.82, 2.24) is 14.9 Å². The first-order valence-electron chi connectivity index (χ1n) is 4.71. The largest absolute Gasteiger partial charge is 0.322 e. The van der Waals surface area contributed by atoms with Gasteiger partial charge in [0.15, 0.2) is 0 Å². The standard InChI is InChI=1S/C10H18N4/c1-7-8(2)13-10(5-12-7)9(11)6-14(3)4/h5,9H,6,11H2,1-4H3/t9-/m0/s1. The molecule has 4 heteroatoms. The molecule has 1 atom stereocenters. The van der Waals surface area contributed by atoms with Crippen molar-refractivity contribution in [3.8, 4) is 0 Å². The topological polar surface area (TPSA) is 55.0 Å². The van der Waals surface area contributed by atoms with Crippen molar-refractivity contribution in [2.24, 2.45) is 5.73 Å². The maximum Gasteiger partial charge on any atom is 0.0770 e. The Morgan fingerprint density at radius 1 is 1.36 bits per heavy atom. The fourth-order valence-corrected chi connectivity index (χ4v) is 1.23. The Morgan fingerprint density at radius 3 is 2.50 bits per heavy atom. The lowest BCUT2D eigenvalue weighted by atomic mass is 10.2. The monoisotopic (exact) mass is 194 g/mol. The van der Waals surface area contributed by atoms with Crippen molar-refractivity contribution in [2.45, 2.75) is 19.9 Å². The van der Waals surface area contributed by atoms with Crippen LogP contribution in [0.2, 0.25) is 0 Å². The van der Waals surface area contributed by atoms with Crippen molar-refractivity contribution in [3.05, 3.63) is 23.3 Å². The first kappa shape index (κ1) is 11.1. The van der Waals surface area contributed by atoms with Crippen LogP contribution in [0, 0.1) is 13.8 Å². The van der Waals surface area contributed by atoms with Crippen molar-refractivity contribution in [3.63, 3.8) is 0 Å². The molecule has 0 aliphatic carbocycles. The Balaban J connectivity index is 2.80. The Hall–Kier alpha value is -1.00. The Morgan fingerprint density at radius 2 is 2.00 bits per heavy atom. The summed E-state index contributed by atoms with van der Waals surface area (Å²) in [5, 5.41) is 0. The number of hydrogen-bond acceptors (Lipinski definition) is 4. The molecule has 0 unspecified atom stereocenters. The van der Waals surface area contributed by atoms with Crippen LogP contribution in [0.15, 0.2) is 6.20 Å². The van der Waals surface area contributed by atoms with Gasteiger partial charge in [0.2, 0.25) is 0 Å². The smallest absolute Gasteiger partial charge is 0.0770 e. The maximum absolute atomic E-state index is 5.97. The van der Waals surface area contributed by atoms with E-state index >= 15 is 0 Å². The fourth-order valence-electron chi connectivity index (χ4n) is 1.23. The highest BCUT2D eigenvalue weighted by Crippen LogP contribution is 2.08. The SMILES string of the molecule is Cc1ncc([C@@H](N)CN(C)C)nc1C. The van der Waals surface area contributed by atoms with Gasteiger partial charge in [-0.05, 0) is 27.9 Å². The van der Waals surface area contributed by atoms with Gasteiger partial charge in [0.05, 0.1) is 29.3 Å². The Kier molecular flexibility index (Phi) is 3.55. The summed E-state index contributed by atoms with van der Waals surface area (Å²) >= 11 is 0. The van der Waals surface area contributed by atoms with E-state index in [9.17, 15) is 0 Å². The van der Waals surface area contributed by atoms with Gasteiger partial charge in [0.1, 0.15) is 0 Å². The van der Waals surface area contributed by atoms with E-state index in [1.807, 2.05) is 32.8 Å². The van der Waals surface area contributed by atoms with Crippen LogP contribution in [0.4, 0.5) is 0 Å². The molecule has 0 aliphatic rings. The van der Waals surface area contributed by atoms with E-state index in [1.54, 1.807) is 6.20 Å². The molecule has 78 valence electrons. The molecule has 0 fully saturated rings. The van der Waals surface area contributed by atoms with Crippen LogP contribution >= 0.6 is 0 Å². The van der Waals surface area contributed by atoms with Gasteiger partial charge < -0.3 is 10.6 Å². The number of likely N-dealkylation sites (N-methyl/N-ethyl adjacent to an activating group) is 1. The minimum Gasteiger partial charge on any atom is -0.322 e. The first-order chi connectivity index (χ1) is 6.50. The van der Waals surface area contributed by atoms with E-state index in [2.05, 4.69) is 9.97 Å². The average Bonchev–Trinajstić information content (AvgIpc) is 2.08. The summed E-state index contributed by atoms with van der Waals surface area (Å²) in [4.78, 5) is 10.7. The lowest BCUT2D eigenvalue weighted by Gasteiger charge is -2.16. The van der Waals surface area contributed by atoms with Gasteiger partial charge in [-0.1, -0.05) is 0 Å². The normalized spacial score (nSPS) is 13.3. The molecule has 1 rings (SSSR count). The van der Waals surface area contributed by atoms with Crippen molar-refractivity contribution >= 4 is 0 Å². The van der Waals surface area contributed by atoms with Crippen LogP contribution in [-0.2, 0) is 0 Å². The van der Waals surface area contributed by atoms with E-state index in [0.29, 0.717) is 0 Å². The second kappa shape index (κ2) is 4.48. The number of nitrogens with zero attached hydrogens (tertiary/aromatic N) is 3. The third kappa shape index (κ3) is 2.75. The predicted molar refractivity (Wildman–Crippen MR) is 57.0 cm³/mol. The number of nitrogens with two attached hydrogens (primary N) is 1. The van der Waals surface area contributed by atoms with Crippen LogP contribution in [0.3, 0.4) is 0 Å². The van der Waals surface area contributed by atoms with Crippen LogP contribution < -0.4 is 5.73 Å². The lowest BCUT2D eigenvalue weighted by Crippen LogP contribution is -2.27. The predicted octanol–water partition coefficient (Wildman–Crippen LogP) is 0.655. The first-order valence-corrected chi connectivity index (χ1v) is 4.71. The summed E-state index contributed by atoms with van der Waals surface area (Å²) in [6.07, 6.45) is 1.76. The molecule has 1 heterocycles. The molecule has 2 N–H and O–H groups in total. The van der Waals surface area contributed by atoms with Gasteiger partial charge in [-0.15, -0.1) is 0 Å². The fraction of sp³-hybridized carbons (Fsp3) is 0.600. The Bertz CT molecular complexity index is 309. The van der Waals surface area contributed by atoms with Crippen LogP contribution in [0.1, 0.15) is 23.1 Å². The Labute approximate surface area is 85.2 Å². The van der Waals surface area contributed by atoms with Gasteiger partial charge >= 0.3 is 0 Å². The number of aryl methyl sites for hydroxylation is 2. The second-order valence-corrected chi connectivity index (χ2v) is 3.83. The summed E-state index contributed by atoms with van der Waals surface area (Å²) < 4.78 is 0. The van der Waals surface area contributed by atoms with Gasteiger partial charge in [-0.2, -0.15) is 0 Å². The molecule has 0 bridgehead atoms. The maximum atomic E-state index is 5.97. The number of rotatable bonds is 3. The van der Waals surface area contributed by atoms with E-state index in [4.69, 9.17) is 5.73 Å². The van der Waals surface area contributed by atoms with Gasteiger partial charge in [-0.3, -0.25) is 9.97 Å². The number of aromatic nitrogens is 2. The van der Waals surface area contributed by atoms with Crippen molar-refractivity contribution < 1.29 is 0 Å². The third-order valence-corrected chi connectivity index (χ3v) is 2.15. The summed E-state index contributed by atoms with van der Waals surface area (Å²) in [5.74, 6) is 0. The van der Waals surface area contributed by atoms with Crippen LogP contribution in [-0.4, -0.2) is 35.5 Å². The molecule has 0 saturated carbocycles. The highest BCUT2D eigenvalue weighted by molar-refractivity contribution is 5.13. The minimum atomic E-state index is -0.0585. The minimum absolute atomic E-state index is 0.0585. The summed E-state index contributed by atoms with van der Waals surface area (Å²) in [6.45, 7) is 4.69. The van der Waals surface area contributed by atoms with E-state index in [1.165, 1.54) is 0 Å². The molecule has 0 saturated heterocycles. The summed E-state index contributed by atoms with van der Waals surface area (Å²) in [7, 11) is 3.99. The molecular formula is C10H18N4. The molecule has 14 heavy (non-hydrogen) atoms. The van der Waals surface area contributed by atoms with Gasteiger partial charge in [-0.25, -0.2) is 0 Å². The zero-order chi connectivity index (χ0) is 10.7. The second-order valence-electron chi connectivity index (χ2n) is 3.83. The molecule has 0 radical (unpaired) electrons. The molecule has 4 nitrogen and oxygen atoms in total. The van der Waals surface area contributed by atoms with Gasteiger partial charge in [0, 0.05) is 6.54 Å². The molecule has 0 aliphatic heterocycles. The van der Waals surface area contributed by atoms with E-state index < -0.39 is 0 Å².